The number of primary amides is 1. The molecule has 7 heteroatoms. The van der Waals surface area contributed by atoms with Gasteiger partial charge in [-0.15, -0.1) is 0 Å². The summed E-state index contributed by atoms with van der Waals surface area (Å²) in [4.78, 5) is 23.9. The van der Waals surface area contributed by atoms with Crippen LogP contribution in [0.15, 0.2) is 69.5 Å². The second kappa shape index (κ2) is 6.96. The number of nitrogens with one attached hydrogen (secondary N) is 1. The summed E-state index contributed by atoms with van der Waals surface area (Å²) in [5.41, 5.74) is 6.99. The molecule has 0 saturated carbocycles. The fraction of sp³-hybridized carbons (Fsp3) is 0.0476. The molecule has 2 aromatic heterocycles. The molecule has 2 heterocycles. The van der Waals surface area contributed by atoms with Gasteiger partial charge in [0.15, 0.2) is 11.5 Å². The highest BCUT2D eigenvalue weighted by Crippen LogP contribution is 2.33. The van der Waals surface area contributed by atoms with Gasteiger partial charge in [0.05, 0.1) is 12.5 Å². The quantitative estimate of drug-likeness (QED) is 0.546. The van der Waals surface area contributed by atoms with E-state index in [9.17, 15) is 9.59 Å². The predicted octanol–water partition coefficient (Wildman–Crippen LogP) is 4.05. The number of methoxy groups -OCH3 is 1. The van der Waals surface area contributed by atoms with Crippen LogP contribution in [0.2, 0.25) is 0 Å². The Morgan fingerprint density at radius 2 is 1.82 bits per heavy atom. The number of nitrogens with two attached hydrogens (primary N) is 1. The third kappa shape index (κ3) is 3.09. The molecule has 0 aliphatic carbocycles. The van der Waals surface area contributed by atoms with E-state index in [1.54, 1.807) is 36.4 Å². The number of fused-ring (bicyclic) bond motifs is 1. The zero-order valence-corrected chi connectivity index (χ0v) is 14.9. The Kier molecular flexibility index (Phi) is 4.33. The summed E-state index contributed by atoms with van der Waals surface area (Å²) in [7, 11) is 1.49. The summed E-state index contributed by atoms with van der Waals surface area (Å²) in [6.07, 6.45) is 0. The Labute approximate surface area is 159 Å². The Morgan fingerprint density at radius 1 is 1.00 bits per heavy atom. The molecule has 0 spiro atoms. The minimum absolute atomic E-state index is 0.0662. The number of hydrogen-bond acceptors (Lipinski definition) is 5. The van der Waals surface area contributed by atoms with Gasteiger partial charge in [0.25, 0.3) is 11.8 Å². The summed E-state index contributed by atoms with van der Waals surface area (Å²) in [5, 5.41) is 3.51. The van der Waals surface area contributed by atoms with Crippen molar-refractivity contribution in [3.05, 3.63) is 72.2 Å². The van der Waals surface area contributed by atoms with E-state index in [1.165, 1.54) is 13.2 Å². The molecule has 3 N–H and O–H groups in total. The summed E-state index contributed by atoms with van der Waals surface area (Å²) in [5.74, 6) is -0.0951. The fourth-order valence-corrected chi connectivity index (χ4v) is 2.94. The van der Waals surface area contributed by atoms with E-state index in [1.807, 2.05) is 18.2 Å². The molecule has 0 bridgehead atoms. The maximum Gasteiger partial charge on any atom is 0.295 e. The van der Waals surface area contributed by atoms with Gasteiger partial charge in [-0.1, -0.05) is 24.3 Å². The van der Waals surface area contributed by atoms with Crippen LogP contribution >= 0.6 is 0 Å². The largest absolute Gasteiger partial charge is 0.492 e. The fourth-order valence-electron chi connectivity index (χ4n) is 2.94. The zero-order chi connectivity index (χ0) is 19.7. The lowest BCUT2D eigenvalue weighted by atomic mass is 10.1. The number of amides is 2. The highest BCUT2D eigenvalue weighted by atomic mass is 16.5. The molecule has 4 aromatic rings. The van der Waals surface area contributed by atoms with Gasteiger partial charge in [0.1, 0.15) is 11.3 Å². The Balaban J connectivity index is 1.63. The maximum atomic E-state index is 12.7. The molecule has 0 radical (unpaired) electrons. The number of para-hydroxylation sites is 1. The lowest BCUT2D eigenvalue weighted by molar-refractivity contribution is 0.0972. The summed E-state index contributed by atoms with van der Waals surface area (Å²) < 4.78 is 16.5. The molecule has 0 saturated heterocycles. The van der Waals surface area contributed by atoms with Gasteiger partial charge < -0.3 is 24.6 Å². The Hall–Kier alpha value is -4.00. The number of benzene rings is 2. The number of carbonyl (C=O) groups is 2. The highest BCUT2D eigenvalue weighted by molar-refractivity contribution is 6.08. The minimum atomic E-state index is -0.646. The van der Waals surface area contributed by atoms with Crippen LogP contribution in [0.4, 0.5) is 5.69 Å². The first kappa shape index (κ1) is 17.4. The van der Waals surface area contributed by atoms with Crippen LogP contribution in [-0.4, -0.2) is 18.9 Å². The van der Waals surface area contributed by atoms with Gasteiger partial charge >= 0.3 is 0 Å². The number of carbonyl (C=O) groups excluding carboxylic acids is 2. The van der Waals surface area contributed by atoms with Crippen LogP contribution in [0.25, 0.3) is 22.3 Å². The number of hydrogen-bond donors (Lipinski definition) is 2. The van der Waals surface area contributed by atoms with Crippen molar-refractivity contribution in [1.29, 1.82) is 0 Å². The first-order valence-electron chi connectivity index (χ1n) is 8.44. The summed E-state index contributed by atoms with van der Waals surface area (Å²) >= 11 is 0. The van der Waals surface area contributed by atoms with Crippen molar-refractivity contribution >= 4 is 28.5 Å². The monoisotopic (exact) mass is 376 g/mol. The predicted molar refractivity (Wildman–Crippen MR) is 103 cm³/mol. The normalized spacial score (nSPS) is 10.8. The highest BCUT2D eigenvalue weighted by Gasteiger charge is 2.21. The molecule has 7 nitrogen and oxygen atoms in total. The van der Waals surface area contributed by atoms with Crippen LogP contribution in [0, 0.1) is 0 Å². The Morgan fingerprint density at radius 3 is 2.57 bits per heavy atom. The van der Waals surface area contributed by atoms with Crippen molar-refractivity contribution in [3.63, 3.8) is 0 Å². The summed E-state index contributed by atoms with van der Waals surface area (Å²) in [6.45, 7) is 0. The second-order valence-electron chi connectivity index (χ2n) is 6.02. The topological polar surface area (TPSA) is 108 Å². The van der Waals surface area contributed by atoms with Crippen LogP contribution in [-0.2, 0) is 0 Å². The van der Waals surface area contributed by atoms with Gasteiger partial charge in [-0.25, -0.2) is 0 Å². The van der Waals surface area contributed by atoms with Crippen molar-refractivity contribution in [2.45, 2.75) is 0 Å². The van der Waals surface area contributed by atoms with Crippen molar-refractivity contribution in [1.82, 2.24) is 0 Å². The lowest BCUT2D eigenvalue weighted by Crippen LogP contribution is -2.12. The second-order valence-corrected chi connectivity index (χ2v) is 6.02. The smallest absolute Gasteiger partial charge is 0.295 e. The first-order chi connectivity index (χ1) is 13.6. The van der Waals surface area contributed by atoms with E-state index in [2.05, 4.69) is 5.32 Å². The average Bonchev–Trinajstić information content (AvgIpc) is 3.33. The van der Waals surface area contributed by atoms with E-state index in [0.29, 0.717) is 28.3 Å². The van der Waals surface area contributed by atoms with Crippen LogP contribution in [0.5, 0.6) is 5.75 Å². The SMILES string of the molecule is COc1c(C(=O)Nc2cccc(-c3ccc(C(N)=O)o3)c2)oc2ccccc12. The third-order valence-electron chi connectivity index (χ3n) is 4.21. The average molecular weight is 376 g/mol. The van der Waals surface area contributed by atoms with Crippen molar-refractivity contribution in [2.75, 3.05) is 12.4 Å². The maximum absolute atomic E-state index is 12.7. The van der Waals surface area contributed by atoms with Crippen LogP contribution in [0.3, 0.4) is 0 Å². The Bertz CT molecular complexity index is 1190. The molecule has 0 fully saturated rings. The number of ether oxygens (including phenoxy) is 1. The zero-order valence-electron chi connectivity index (χ0n) is 14.9. The van der Waals surface area contributed by atoms with E-state index < -0.39 is 11.8 Å². The number of furan rings is 2. The number of rotatable bonds is 5. The van der Waals surface area contributed by atoms with Crippen LogP contribution in [0.1, 0.15) is 21.1 Å². The molecular weight excluding hydrogens is 360 g/mol. The van der Waals surface area contributed by atoms with Gasteiger partial charge in [0.2, 0.25) is 5.76 Å². The molecule has 0 atom stereocenters. The molecular formula is C21H16N2O5. The van der Waals surface area contributed by atoms with Gasteiger partial charge in [-0.05, 0) is 36.4 Å². The standard InChI is InChI=1S/C21H16N2O5/c1-26-18-14-7-2-3-8-16(14)28-19(18)21(25)23-13-6-4-5-12(11-13)15-9-10-17(27-15)20(22)24/h2-11H,1H3,(H2,22,24)(H,23,25). The first-order valence-corrected chi connectivity index (χ1v) is 8.44. The van der Waals surface area contributed by atoms with E-state index in [4.69, 9.17) is 19.3 Å². The van der Waals surface area contributed by atoms with Gasteiger partial charge in [-0.3, -0.25) is 9.59 Å². The molecule has 0 aliphatic rings. The van der Waals surface area contributed by atoms with Gasteiger partial charge in [0, 0.05) is 11.3 Å². The molecule has 2 amide bonds. The number of anilines is 1. The third-order valence-corrected chi connectivity index (χ3v) is 4.21. The van der Waals surface area contributed by atoms with Crippen molar-refractivity contribution in [3.8, 4) is 17.1 Å². The molecule has 140 valence electrons. The van der Waals surface area contributed by atoms with Crippen molar-refractivity contribution < 1.29 is 23.2 Å². The lowest BCUT2D eigenvalue weighted by Gasteiger charge is -2.06. The summed E-state index contributed by atoms with van der Waals surface area (Å²) in [6, 6.07) is 17.4. The molecule has 0 aliphatic heterocycles. The van der Waals surface area contributed by atoms with Crippen molar-refractivity contribution in [2.24, 2.45) is 5.73 Å². The van der Waals surface area contributed by atoms with Gasteiger partial charge in [-0.2, -0.15) is 0 Å². The van der Waals surface area contributed by atoms with E-state index >= 15 is 0 Å². The molecule has 28 heavy (non-hydrogen) atoms. The minimum Gasteiger partial charge on any atom is -0.492 e. The van der Waals surface area contributed by atoms with E-state index in [0.717, 1.165) is 5.39 Å². The molecule has 0 unspecified atom stereocenters. The van der Waals surface area contributed by atoms with E-state index in [-0.39, 0.29) is 11.5 Å². The molecule has 2 aromatic carbocycles. The van der Waals surface area contributed by atoms with Crippen LogP contribution < -0.4 is 15.8 Å². The molecule has 4 rings (SSSR count).